The predicted octanol–water partition coefficient (Wildman–Crippen LogP) is 2.67. The van der Waals surface area contributed by atoms with Crippen molar-refractivity contribution in [3.05, 3.63) is 52.5 Å². The summed E-state index contributed by atoms with van der Waals surface area (Å²) in [6, 6.07) is 7.74. The molecular formula is C11H7NO4. The molecule has 2 rings (SSSR count). The van der Waals surface area contributed by atoms with Crippen LogP contribution in [0.4, 0.5) is 5.69 Å². The fourth-order valence-electron chi connectivity index (χ4n) is 1.50. The summed E-state index contributed by atoms with van der Waals surface area (Å²) in [6.45, 7) is 0. The van der Waals surface area contributed by atoms with Crippen molar-refractivity contribution in [1.82, 2.24) is 0 Å². The number of carbonyl (C=O) groups excluding carboxylic acids is 1. The number of rotatable bonds is 3. The van der Waals surface area contributed by atoms with Crippen LogP contribution in [0.15, 0.2) is 41.0 Å². The highest BCUT2D eigenvalue weighted by molar-refractivity contribution is 5.87. The molecule has 80 valence electrons. The van der Waals surface area contributed by atoms with Crippen LogP contribution >= 0.6 is 0 Å². The molecule has 0 spiro atoms. The maximum absolute atomic E-state index is 10.8. The normalized spacial score (nSPS) is 10.0. The molecular weight excluding hydrogens is 210 g/mol. The van der Waals surface area contributed by atoms with E-state index in [2.05, 4.69) is 0 Å². The molecule has 1 aromatic heterocycles. The first kappa shape index (κ1) is 10.1. The van der Waals surface area contributed by atoms with E-state index in [1.165, 1.54) is 18.4 Å². The number of benzene rings is 1. The molecule has 0 fully saturated rings. The van der Waals surface area contributed by atoms with Crippen molar-refractivity contribution in [3.8, 4) is 11.1 Å². The number of carbonyl (C=O) groups is 1. The fourth-order valence-corrected chi connectivity index (χ4v) is 1.50. The zero-order chi connectivity index (χ0) is 11.5. The molecule has 1 aromatic carbocycles. The van der Waals surface area contributed by atoms with E-state index in [-0.39, 0.29) is 11.4 Å². The lowest BCUT2D eigenvalue weighted by Crippen LogP contribution is -1.92. The fraction of sp³-hybridized carbons (Fsp3) is 0. The number of nitro groups is 1. The molecule has 1 heterocycles. The van der Waals surface area contributed by atoms with E-state index in [1.807, 2.05) is 0 Å². The van der Waals surface area contributed by atoms with Crippen LogP contribution in [0.2, 0.25) is 0 Å². The minimum atomic E-state index is -0.489. The summed E-state index contributed by atoms with van der Waals surface area (Å²) in [4.78, 5) is 21.0. The number of hydrogen-bond acceptors (Lipinski definition) is 4. The van der Waals surface area contributed by atoms with Crippen LogP contribution in [-0.4, -0.2) is 11.2 Å². The Kier molecular flexibility index (Phi) is 2.51. The van der Waals surface area contributed by atoms with Crippen LogP contribution in [0.5, 0.6) is 0 Å². The van der Waals surface area contributed by atoms with Gasteiger partial charge >= 0.3 is 0 Å². The summed E-state index contributed by atoms with van der Waals surface area (Å²) in [5.41, 5.74) is 0.762. The number of hydrogen-bond donors (Lipinski definition) is 0. The molecule has 0 N–H and O–H groups in total. The third-order valence-corrected chi connectivity index (χ3v) is 2.19. The van der Waals surface area contributed by atoms with Gasteiger partial charge in [0, 0.05) is 11.6 Å². The minimum Gasteiger partial charge on any atom is -0.461 e. The maximum Gasteiger partial charge on any atom is 0.277 e. The number of furan rings is 1. The highest BCUT2D eigenvalue weighted by atomic mass is 16.6. The van der Waals surface area contributed by atoms with Gasteiger partial charge in [0.15, 0.2) is 12.0 Å². The summed E-state index contributed by atoms with van der Waals surface area (Å²) < 4.78 is 4.91. The Balaban J connectivity index is 2.64. The lowest BCUT2D eigenvalue weighted by atomic mass is 10.0. The van der Waals surface area contributed by atoms with Gasteiger partial charge in [-0.3, -0.25) is 14.9 Å². The summed E-state index contributed by atoms with van der Waals surface area (Å²) in [5.74, 6) is 0.0919. The van der Waals surface area contributed by atoms with Crippen molar-refractivity contribution in [2.75, 3.05) is 0 Å². The number of nitrogens with zero attached hydrogens (tertiary/aromatic N) is 1. The van der Waals surface area contributed by atoms with Gasteiger partial charge in [0.2, 0.25) is 0 Å². The summed E-state index contributed by atoms with van der Waals surface area (Å²) in [7, 11) is 0. The first-order valence-electron chi connectivity index (χ1n) is 4.50. The minimum absolute atomic E-state index is 0.0491. The molecule has 2 aromatic rings. The Labute approximate surface area is 90.5 Å². The molecule has 0 aliphatic heterocycles. The van der Waals surface area contributed by atoms with Gasteiger partial charge in [-0.1, -0.05) is 12.1 Å². The highest BCUT2D eigenvalue weighted by Crippen LogP contribution is 2.31. The second-order valence-corrected chi connectivity index (χ2v) is 3.09. The number of aldehydes is 1. The maximum atomic E-state index is 10.8. The average molecular weight is 217 g/mol. The first-order chi connectivity index (χ1) is 7.74. The van der Waals surface area contributed by atoms with Gasteiger partial charge in [-0.15, -0.1) is 0 Å². The van der Waals surface area contributed by atoms with Crippen molar-refractivity contribution in [1.29, 1.82) is 0 Å². The van der Waals surface area contributed by atoms with Crippen molar-refractivity contribution in [3.63, 3.8) is 0 Å². The largest absolute Gasteiger partial charge is 0.461 e. The topological polar surface area (TPSA) is 73.3 Å². The Bertz CT molecular complexity index is 544. The zero-order valence-corrected chi connectivity index (χ0v) is 8.12. The second-order valence-electron chi connectivity index (χ2n) is 3.09. The van der Waals surface area contributed by atoms with Gasteiger partial charge in [0.1, 0.15) is 0 Å². The van der Waals surface area contributed by atoms with Gasteiger partial charge in [-0.2, -0.15) is 0 Å². The third-order valence-electron chi connectivity index (χ3n) is 2.19. The van der Waals surface area contributed by atoms with Gasteiger partial charge in [-0.05, 0) is 12.1 Å². The van der Waals surface area contributed by atoms with Gasteiger partial charge in [0.25, 0.3) is 5.69 Å². The van der Waals surface area contributed by atoms with Gasteiger partial charge in [-0.25, -0.2) is 0 Å². The molecule has 0 bridgehead atoms. The SMILES string of the molecule is O=Cc1occc1-c1ccccc1[N+](=O)[O-]. The van der Waals surface area contributed by atoms with Crippen LogP contribution in [-0.2, 0) is 0 Å². The van der Waals surface area contributed by atoms with Crippen molar-refractivity contribution >= 4 is 12.0 Å². The van der Waals surface area contributed by atoms with E-state index in [4.69, 9.17) is 4.42 Å². The Morgan fingerprint density at radius 2 is 1.94 bits per heavy atom. The monoisotopic (exact) mass is 217 g/mol. The summed E-state index contributed by atoms with van der Waals surface area (Å²) in [5, 5.41) is 10.8. The predicted molar refractivity (Wildman–Crippen MR) is 56.2 cm³/mol. The molecule has 0 saturated heterocycles. The van der Waals surface area contributed by atoms with E-state index in [0.717, 1.165) is 0 Å². The van der Waals surface area contributed by atoms with E-state index in [0.29, 0.717) is 17.4 Å². The third kappa shape index (κ3) is 1.58. The number of nitro benzene ring substituents is 1. The molecule has 0 unspecified atom stereocenters. The zero-order valence-electron chi connectivity index (χ0n) is 8.12. The van der Waals surface area contributed by atoms with E-state index >= 15 is 0 Å². The lowest BCUT2D eigenvalue weighted by Gasteiger charge is -1.99. The highest BCUT2D eigenvalue weighted by Gasteiger charge is 2.18. The van der Waals surface area contributed by atoms with Crippen LogP contribution < -0.4 is 0 Å². The smallest absolute Gasteiger partial charge is 0.277 e. The molecule has 0 radical (unpaired) electrons. The molecule has 0 saturated carbocycles. The van der Waals surface area contributed by atoms with Crippen molar-refractivity contribution in [2.45, 2.75) is 0 Å². The molecule has 0 atom stereocenters. The summed E-state index contributed by atoms with van der Waals surface area (Å²) >= 11 is 0. The molecule has 0 aliphatic carbocycles. The Morgan fingerprint density at radius 3 is 2.62 bits per heavy atom. The molecule has 5 nitrogen and oxygen atoms in total. The van der Waals surface area contributed by atoms with Crippen LogP contribution in [0.1, 0.15) is 10.6 Å². The Hall–Kier alpha value is -2.43. The van der Waals surface area contributed by atoms with Gasteiger partial charge < -0.3 is 4.42 Å². The Morgan fingerprint density at radius 1 is 1.19 bits per heavy atom. The molecule has 0 amide bonds. The van der Waals surface area contributed by atoms with Crippen molar-refractivity contribution < 1.29 is 14.1 Å². The van der Waals surface area contributed by atoms with Crippen LogP contribution in [0.3, 0.4) is 0 Å². The number of para-hydroxylation sites is 1. The van der Waals surface area contributed by atoms with Crippen LogP contribution in [0, 0.1) is 10.1 Å². The van der Waals surface area contributed by atoms with E-state index in [1.54, 1.807) is 18.2 Å². The average Bonchev–Trinajstić information content (AvgIpc) is 2.76. The van der Waals surface area contributed by atoms with Crippen LogP contribution in [0.25, 0.3) is 11.1 Å². The second kappa shape index (κ2) is 3.98. The van der Waals surface area contributed by atoms with Crippen molar-refractivity contribution in [2.24, 2.45) is 0 Å². The molecule has 0 aliphatic rings. The van der Waals surface area contributed by atoms with Gasteiger partial charge in [0.05, 0.1) is 16.7 Å². The quantitative estimate of drug-likeness (QED) is 0.450. The standard InChI is InChI=1S/C11H7NO4/c13-7-11-9(5-6-16-11)8-3-1-2-4-10(8)12(14)15/h1-7H. The lowest BCUT2D eigenvalue weighted by molar-refractivity contribution is -0.384. The van der Waals surface area contributed by atoms with E-state index < -0.39 is 4.92 Å². The molecule has 16 heavy (non-hydrogen) atoms. The first-order valence-corrected chi connectivity index (χ1v) is 4.50. The molecule has 5 heteroatoms. The van der Waals surface area contributed by atoms with E-state index in [9.17, 15) is 14.9 Å². The summed E-state index contributed by atoms with van der Waals surface area (Å²) in [6.07, 6.45) is 1.86.